The van der Waals surface area contributed by atoms with Crippen molar-refractivity contribution in [2.45, 2.75) is 26.3 Å². The maximum absolute atomic E-state index is 12.8. The van der Waals surface area contributed by atoms with E-state index in [1.165, 1.54) is 11.9 Å². The minimum Gasteiger partial charge on any atom is -0.496 e. The van der Waals surface area contributed by atoms with Crippen LogP contribution in [0.4, 0.5) is 5.82 Å². The van der Waals surface area contributed by atoms with E-state index in [2.05, 4.69) is 9.97 Å². The van der Waals surface area contributed by atoms with Crippen LogP contribution in [-0.4, -0.2) is 34.4 Å². The molecule has 2 N–H and O–H groups in total. The Kier molecular flexibility index (Phi) is 4.24. The highest BCUT2D eigenvalue weighted by molar-refractivity contribution is 7.19. The summed E-state index contributed by atoms with van der Waals surface area (Å²) in [6, 6.07) is 5.92. The maximum atomic E-state index is 12.8. The number of aryl methyl sites for hydroxylation is 1. The second-order valence-corrected chi connectivity index (χ2v) is 7.57. The second kappa shape index (κ2) is 6.57. The van der Waals surface area contributed by atoms with Gasteiger partial charge in [0.15, 0.2) is 0 Å². The number of amides is 1. The Labute approximate surface area is 155 Å². The molecular weight excluding hydrogens is 348 g/mol. The molecule has 3 aromatic rings. The predicted molar refractivity (Wildman–Crippen MR) is 102 cm³/mol. The van der Waals surface area contributed by atoms with Gasteiger partial charge < -0.3 is 15.4 Å². The van der Waals surface area contributed by atoms with Gasteiger partial charge >= 0.3 is 0 Å². The number of benzene rings is 1. The first-order chi connectivity index (χ1) is 12.6. The van der Waals surface area contributed by atoms with Crippen molar-refractivity contribution in [1.29, 1.82) is 0 Å². The zero-order chi connectivity index (χ0) is 18.3. The van der Waals surface area contributed by atoms with E-state index >= 15 is 0 Å². The molecule has 2 aromatic heterocycles. The molecule has 1 aliphatic heterocycles. The second-order valence-electron chi connectivity index (χ2n) is 6.49. The van der Waals surface area contributed by atoms with Crippen molar-refractivity contribution in [3.05, 3.63) is 46.1 Å². The fraction of sp³-hybridized carbons (Fsp3) is 0.316. The number of ether oxygens (including phenoxy) is 1. The third kappa shape index (κ3) is 2.88. The number of aromatic nitrogens is 2. The molecule has 134 valence electrons. The van der Waals surface area contributed by atoms with Gasteiger partial charge in [-0.05, 0) is 36.1 Å². The number of nitrogens with zero attached hydrogens (tertiary/aromatic N) is 3. The molecule has 0 saturated carbocycles. The Morgan fingerprint density at radius 1 is 1.38 bits per heavy atom. The molecule has 0 saturated heterocycles. The zero-order valence-electron chi connectivity index (χ0n) is 14.8. The number of hydrogen-bond donors (Lipinski definition) is 1. The number of methoxy groups -OCH3 is 1. The summed E-state index contributed by atoms with van der Waals surface area (Å²) in [6.45, 7) is 3.29. The van der Waals surface area contributed by atoms with Crippen LogP contribution in [0, 0.1) is 6.92 Å². The number of anilines is 1. The Hall–Kier alpha value is -2.67. The average Bonchev–Trinajstić information content (AvgIpc) is 3.02. The van der Waals surface area contributed by atoms with Crippen molar-refractivity contribution in [3.8, 4) is 5.75 Å². The molecule has 4 rings (SSSR count). The number of fused-ring (bicyclic) bond motifs is 3. The van der Waals surface area contributed by atoms with Crippen LogP contribution in [0.1, 0.15) is 21.6 Å². The van der Waals surface area contributed by atoms with Crippen molar-refractivity contribution < 1.29 is 9.53 Å². The summed E-state index contributed by atoms with van der Waals surface area (Å²) in [4.78, 5) is 25.2. The minimum absolute atomic E-state index is 0.123. The molecule has 0 unspecified atom stereocenters. The lowest BCUT2D eigenvalue weighted by Crippen LogP contribution is -2.36. The van der Waals surface area contributed by atoms with Gasteiger partial charge in [0.25, 0.3) is 0 Å². The van der Waals surface area contributed by atoms with E-state index in [4.69, 9.17) is 10.5 Å². The lowest BCUT2D eigenvalue weighted by atomic mass is 10.0. The van der Waals surface area contributed by atoms with E-state index < -0.39 is 0 Å². The number of carbonyl (C=O) groups is 1. The molecule has 26 heavy (non-hydrogen) atoms. The summed E-state index contributed by atoms with van der Waals surface area (Å²) in [7, 11) is 1.65. The molecule has 0 spiro atoms. The maximum Gasteiger partial charge on any atom is 0.227 e. The monoisotopic (exact) mass is 368 g/mol. The van der Waals surface area contributed by atoms with Gasteiger partial charge in [-0.1, -0.05) is 12.1 Å². The van der Waals surface area contributed by atoms with Crippen molar-refractivity contribution in [2.75, 3.05) is 19.4 Å². The van der Waals surface area contributed by atoms with Gasteiger partial charge in [0.1, 0.15) is 22.7 Å². The SMILES string of the molecule is COc1cc(CC(=O)N2CCc3c(sc4ncnc(N)c34)C2)ccc1C. The van der Waals surface area contributed by atoms with E-state index in [1.807, 2.05) is 30.0 Å². The standard InChI is InChI=1S/C19H20N4O2S/c1-11-3-4-12(7-14(11)25-2)8-16(24)23-6-5-13-15(9-23)26-19-17(13)18(20)21-10-22-19/h3-4,7,10H,5-6,8-9H2,1-2H3,(H2,20,21,22). The molecule has 7 heteroatoms. The first-order valence-electron chi connectivity index (χ1n) is 8.49. The van der Waals surface area contributed by atoms with Crippen molar-refractivity contribution in [1.82, 2.24) is 14.9 Å². The number of nitrogens with two attached hydrogens (primary N) is 1. The van der Waals surface area contributed by atoms with Crippen LogP contribution >= 0.6 is 11.3 Å². The first kappa shape index (κ1) is 16.8. The molecule has 1 amide bonds. The summed E-state index contributed by atoms with van der Waals surface area (Å²) in [6.07, 6.45) is 2.65. The van der Waals surface area contributed by atoms with Gasteiger partial charge in [0.2, 0.25) is 5.91 Å². The number of thiophene rings is 1. The molecule has 0 aliphatic carbocycles. The topological polar surface area (TPSA) is 81.3 Å². The van der Waals surface area contributed by atoms with E-state index in [9.17, 15) is 4.79 Å². The van der Waals surface area contributed by atoms with Crippen LogP contribution in [0.5, 0.6) is 5.75 Å². The lowest BCUT2D eigenvalue weighted by molar-refractivity contribution is -0.131. The Balaban J connectivity index is 1.54. The number of nitrogen functional groups attached to an aromatic ring is 1. The molecule has 0 fully saturated rings. The highest BCUT2D eigenvalue weighted by Gasteiger charge is 2.26. The predicted octanol–water partition coefficient (Wildman–Crippen LogP) is 2.72. The quantitative estimate of drug-likeness (QED) is 0.769. The lowest BCUT2D eigenvalue weighted by Gasteiger charge is -2.27. The molecule has 3 heterocycles. The summed E-state index contributed by atoms with van der Waals surface area (Å²) < 4.78 is 5.36. The van der Waals surface area contributed by atoms with Crippen molar-refractivity contribution in [2.24, 2.45) is 0 Å². The van der Waals surface area contributed by atoms with Gasteiger partial charge in [-0.25, -0.2) is 9.97 Å². The largest absolute Gasteiger partial charge is 0.496 e. The number of hydrogen-bond acceptors (Lipinski definition) is 6. The summed E-state index contributed by atoms with van der Waals surface area (Å²) in [5, 5.41) is 0.961. The Morgan fingerprint density at radius 3 is 3.04 bits per heavy atom. The average molecular weight is 368 g/mol. The molecule has 1 aromatic carbocycles. The molecule has 0 atom stereocenters. The van der Waals surface area contributed by atoms with Gasteiger partial charge in [-0.15, -0.1) is 11.3 Å². The van der Waals surface area contributed by atoms with E-state index in [0.717, 1.165) is 38.4 Å². The van der Waals surface area contributed by atoms with Crippen LogP contribution in [0.15, 0.2) is 24.5 Å². The minimum atomic E-state index is 0.123. The summed E-state index contributed by atoms with van der Waals surface area (Å²) in [5.41, 5.74) is 9.25. The highest BCUT2D eigenvalue weighted by atomic mass is 32.1. The summed E-state index contributed by atoms with van der Waals surface area (Å²) in [5.74, 6) is 1.46. The van der Waals surface area contributed by atoms with Crippen LogP contribution in [-0.2, 0) is 24.2 Å². The third-order valence-electron chi connectivity index (χ3n) is 4.85. The van der Waals surface area contributed by atoms with E-state index in [0.29, 0.717) is 25.3 Å². The number of carbonyl (C=O) groups excluding carboxylic acids is 1. The van der Waals surface area contributed by atoms with Gasteiger partial charge in [-0.3, -0.25) is 4.79 Å². The van der Waals surface area contributed by atoms with Gasteiger partial charge in [0.05, 0.1) is 25.5 Å². The van der Waals surface area contributed by atoms with E-state index in [-0.39, 0.29) is 5.91 Å². The Morgan fingerprint density at radius 2 is 2.23 bits per heavy atom. The van der Waals surface area contributed by atoms with Crippen LogP contribution in [0.2, 0.25) is 0 Å². The van der Waals surface area contributed by atoms with Crippen LogP contribution in [0.25, 0.3) is 10.2 Å². The number of rotatable bonds is 3. The molecule has 6 nitrogen and oxygen atoms in total. The highest BCUT2D eigenvalue weighted by Crippen LogP contribution is 2.36. The molecule has 0 bridgehead atoms. The molecular formula is C19H20N4O2S. The zero-order valence-corrected chi connectivity index (χ0v) is 15.6. The van der Waals surface area contributed by atoms with Crippen molar-refractivity contribution >= 4 is 33.3 Å². The van der Waals surface area contributed by atoms with Crippen LogP contribution in [0.3, 0.4) is 0 Å². The molecule has 0 radical (unpaired) electrons. The normalized spacial score (nSPS) is 13.7. The van der Waals surface area contributed by atoms with Crippen LogP contribution < -0.4 is 10.5 Å². The van der Waals surface area contributed by atoms with E-state index in [1.54, 1.807) is 18.4 Å². The van der Waals surface area contributed by atoms with Gasteiger partial charge in [-0.2, -0.15) is 0 Å². The molecule has 1 aliphatic rings. The summed E-state index contributed by atoms with van der Waals surface area (Å²) >= 11 is 1.60. The first-order valence-corrected chi connectivity index (χ1v) is 9.30. The smallest absolute Gasteiger partial charge is 0.227 e. The Bertz CT molecular complexity index is 999. The fourth-order valence-electron chi connectivity index (χ4n) is 3.43. The third-order valence-corrected chi connectivity index (χ3v) is 5.97. The van der Waals surface area contributed by atoms with Gasteiger partial charge in [0, 0.05) is 11.4 Å². The van der Waals surface area contributed by atoms with Crippen molar-refractivity contribution in [3.63, 3.8) is 0 Å². The fourth-order valence-corrected chi connectivity index (χ4v) is 4.64.